The zero-order valence-corrected chi connectivity index (χ0v) is 24.4. The van der Waals surface area contributed by atoms with Gasteiger partial charge < -0.3 is 34.9 Å². The Hall–Kier alpha value is -3.60. The molecule has 220 valence electrons. The van der Waals surface area contributed by atoms with E-state index >= 15 is 0 Å². The summed E-state index contributed by atoms with van der Waals surface area (Å²) in [7, 11) is 1.67. The second-order valence-corrected chi connectivity index (χ2v) is 12.1. The number of nitrogens with one attached hydrogen (secondary N) is 3. The Balaban J connectivity index is 1.12. The number of ether oxygens (including phenoxy) is 2. The van der Waals surface area contributed by atoms with Crippen molar-refractivity contribution in [3.8, 4) is 5.75 Å². The zero-order chi connectivity index (χ0) is 28.4. The van der Waals surface area contributed by atoms with Crippen molar-refractivity contribution in [1.29, 1.82) is 0 Å². The monoisotopic (exact) mass is 562 g/mol. The van der Waals surface area contributed by atoms with Crippen LogP contribution in [-0.2, 0) is 9.53 Å². The predicted molar refractivity (Wildman–Crippen MR) is 160 cm³/mol. The van der Waals surface area contributed by atoms with E-state index in [1.807, 2.05) is 17.0 Å². The smallest absolute Gasteiger partial charge is 0.231 e. The highest BCUT2D eigenvalue weighted by atomic mass is 16.5. The molecule has 1 atom stereocenters. The van der Waals surface area contributed by atoms with Gasteiger partial charge in [0.05, 0.1) is 24.7 Å². The molecule has 1 amide bonds. The number of nitrogens with zero attached hydrogens (tertiary/aromatic N) is 5. The number of hydrogen-bond acceptors (Lipinski definition) is 9. The van der Waals surface area contributed by atoms with E-state index in [0.717, 1.165) is 61.5 Å². The van der Waals surface area contributed by atoms with Gasteiger partial charge in [0.25, 0.3) is 0 Å². The SMILES string of the molecule is COc1cc(N2CCN(C(=O)C3CCOC(C)(C)C3)CC2)ccc1Nc1nc(NC2CCCCC2)c2[nH]cnc2n1. The van der Waals surface area contributed by atoms with Gasteiger partial charge in [0, 0.05) is 56.5 Å². The summed E-state index contributed by atoms with van der Waals surface area (Å²) in [6, 6.07) is 6.53. The Morgan fingerprint density at radius 2 is 1.90 bits per heavy atom. The number of benzene rings is 1. The molecule has 0 spiro atoms. The predicted octanol–water partition coefficient (Wildman–Crippen LogP) is 4.70. The molecule has 0 bridgehead atoms. The topological polar surface area (TPSA) is 121 Å². The number of rotatable bonds is 7. The minimum atomic E-state index is -0.227. The maximum Gasteiger partial charge on any atom is 0.231 e. The number of carbonyl (C=O) groups excluding carboxylic acids is 1. The first kappa shape index (κ1) is 27.6. The standard InChI is InChI=1S/C30H42N8O3/c1-30(2)18-20(11-16-41-30)28(39)38-14-12-37(13-15-38)22-9-10-23(24(17-22)40-3)34-29-35-26-25(31-19-32-26)27(36-29)33-21-7-5-4-6-8-21/h9-10,17,19-21H,4-8,11-16,18H2,1-3H3,(H3,31,32,33,34,35,36). The van der Waals surface area contributed by atoms with E-state index in [1.54, 1.807) is 13.4 Å². The second-order valence-electron chi connectivity index (χ2n) is 12.1. The maximum atomic E-state index is 13.2. The number of carbonyl (C=O) groups is 1. The number of hydrogen-bond donors (Lipinski definition) is 3. The molecule has 3 N–H and O–H groups in total. The number of methoxy groups -OCH3 is 1. The van der Waals surface area contributed by atoms with Crippen molar-refractivity contribution in [1.82, 2.24) is 24.8 Å². The molecular formula is C30H42N8O3. The number of fused-ring (bicyclic) bond motifs is 1. The Labute approximate surface area is 241 Å². The lowest BCUT2D eigenvalue weighted by Crippen LogP contribution is -2.52. The molecule has 3 aliphatic rings. The van der Waals surface area contributed by atoms with Gasteiger partial charge >= 0.3 is 0 Å². The van der Waals surface area contributed by atoms with Crippen LogP contribution in [0.1, 0.15) is 58.8 Å². The number of aromatic nitrogens is 4. The van der Waals surface area contributed by atoms with Gasteiger partial charge in [-0.05, 0) is 51.7 Å². The summed E-state index contributed by atoms with van der Waals surface area (Å²) >= 11 is 0. The fraction of sp³-hybridized carbons (Fsp3) is 0.600. The number of aromatic amines is 1. The van der Waals surface area contributed by atoms with E-state index in [4.69, 9.17) is 14.5 Å². The van der Waals surface area contributed by atoms with Crippen LogP contribution in [0.5, 0.6) is 5.75 Å². The molecule has 0 radical (unpaired) electrons. The van der Waals surface area contributed by atoms with Gasteiger partial charge in [-0.15, -0.1) is 0 Å². The minimum absolute atomic E-state index is 0.0528. The van der Waals surface area contributed by atoms with Gasteiger partial charge in [-0.3, -0.25) is 4.79 Å². The van der Waals surface area contributed by atoms with Crippen molar-refractivity contribution < 1.29 is 14.3 Å². The largest absolute Gasteiger partial charge is 0.494 e. The lowest BCUT2D eigenvalue weighted by Gasteiger charge is -2.40. The van der Waals surface area contributed by atoms with Gasteiger partial charge in [-0.2, -0.15) is 9.97 Å². The average molecular weight is 563 g/mol. The zero-order valence-electron chi connectivity index (χ0n) is 24.4. The van der Waals surface area contributed by atoms with Crippen LogP contribution in [0.3, 0.4) is 0 Å². The number of amides is 1. The van der Waals surface area contributed by atoms with E-state index in [0.29, 0.717) is 43.1 Å². The lowest BCUT2D eigenvalue weighted by molar-refractivity contribution is -0.145. The molecule has 3 aromatic rings. The third-order valence-corrected chi connectivity index (χ3v) is 8.67. The van der Waals surface area contributed by atoms with Crippen LogP contribution in [0.4, 0.5) is 23.1 Å². The second kappa shape index (κ2) is 11.7. The molecule has 2 aliphatic heterocycles. The summed E-state index contributed by atoms with van der Waals surface area (Å²) < 4.78 is 11.6. The molecule has 1 unspecified atom stereocenters. The molecule has 1 aliphatic carbocycles. The molecule has 1 aromatic carbocycles. The maximum absolute atomic E-state index is 13.2. The van der Waals surface area contributed by atoms with Crippen LogP contribution in [0, 0.1) is 5.92 Å². The Kier molecular flexibility index (Phi) is 7.88. The molecule has 4 heterocycles. The van der Waals surface area contributed by atoms with Gasteiger partial charge in [0.2, 0.25) is 11.9 Å². The third-order valence-electron chi connectivity index (χ3n) is 8.67. The summed E-state index contributed by atoms with van der Waals surface area (Å²) in [5, 5.41) is 6.97. The molecular weight excluding hydrogens is 520 g/mol. The third kappa shape index (κ3) is 6.19. The summed E-state index contributed by atoms with van der Waals surface area (Å²) in [5.74, 6) is 2.27. The number of imidazole rings is 1. The van der Waals surface area contributed by atoms with Gasteiger partial charge in [0.15, 0.2) is 11.5 Å². The lowest BCUT2D eigenvalue weighted by atomic mass is 9.87. The van der Waals surface area contributed by atoms with Crippen molar-refractivity contribution in [2.45, 2.75) is 70.4 Å². The molecule has 1 saturated carbocycles. The fourth-order valence-corrected chi connectivity index (χ4v) is 6.42. The molecule has 41 heavy (non-hydrogen) atoms. The minimum Gasteiger partial charge on any atom is -0.494 e. The average Bonchev–Trinajstić information content (AvgIpc) is 3.46. The van der Waals surface area contributed by atoms with Gasteiger partial charge in [-0.25, -0.2) is 4.98 Å². The van der Waals surface area contributed by atoms with E-state index < -0.39 is 0 Å². The van der Waals surface area contributed by atoms with Crippen molar-refractivity contribution in [2.75, 3.05) is 55.4 Å². The van der Waals surface area contributed by atoms with E-state index in [1.165, 1.54) is 19.3 Å². The van der Waals surface area contributed by atoms with Crippen molar-refractivity contribution in [3.05, 3.63) is 24.5 Å². The number of piperazine rings is 1. The Bertz CT molecular complexity index is 1360. The quantitative estimate of drug-likeness (QED) is 0.376. The molecule has 11 nitrogen and oxygen atoms in total. The van der Waals surface area contributed by atoms with Crippen LogP contribution < -0.4 is 20.3 Å². The summed E-state index contributed by atoms with van der Waals surface area (Å²) in [6.07, 6.45) is 9.32. The van der Waals surface area contributed by atoms with E-state index in [-0.39, 0.29) is 17.4 Å². The fourth-order valence-electron chi connectivity index (χ4n) is 6.42. The number of anilines is 4. The highest BCUT2D eigenvalue weighted by Crippen LogP contribution is 2.34. The highest BCUT2D eigenvalue weighted by molar-refractivity contribution is 5.84. The van der Waals surface area contributed by atoms with E-state index in [9.17, 15) is 4.79 Å². The summed E-state index contributed by atoms with van der Waals surface area (Å²) in [5.41, 5.74) is 3.06. The first-order chi connectivity index (χ1) is 19.9. The normalized spacial score (nSPS) is 21.6. The van der Waals surface area contributed by atoms with Crippen LogP contribution in [0.25, 0.3) is 11.2 Å². The van der Waals surface area contributed by atoms with Crippen molar-refractivity contribution in [2.24, 2.45) is 5.92 Å². The van der Waals surface area contributed by atoms with Crippen molar-refractivity contribution in [3.63, 3.8) is 0 Å². The Morgan fingerprint density at radius 3 is 2.66 bits per heavy atom. The van der Waals surface area contributed by atoms with Crippen LogP contribution in [0.2, 0.25) is 0 Å². The molecule has 6 rings (SSSR count). The highest BCUT2D eigenvalue weighted by Gasteiger charge is 2.36. The summed E-state index contributed by atoms with van der Waals surface area (Å²) in [4.78, 5) is 34.5. The van der Waals surface area contributed by atoms with Gasteiger partial charge in [-0.1, -0.05) is 19.3 Å². The van der Waals surface area contributed by atoms with Crippen LogP contribution in [0.15, 0.2) is 24.5 Å². The van der Waals surface area contributed by atoms with Crippen LogP contribution >= 0.6 is 0 Å². The Morgan fingerprint density at radius 1 is 1.10 bits per heavy atom. The molecule has 2 saturated heterocycles. The summed E-state index contributed by atoms with van der Waals surface area (Å²) in [6.45, 7) is 7.80. The molecule has 11 heteroatoms. The molecule has 3 fully saturated rings. The first-order valence-corrected chi connectivity index (χ1v) is 15.0. The van der Waals surface area contributed by atoms with Crippen molar-refractivity contribution >= 4 is 40.2 Å². The number of H-pyrrole nitrogens is 1. The van der Waals surface area contributed by atoms with Gasteiger partial charge in [0.1, 0.15) is 11.3 Å². The molecule has 2 aromatic heterocycles. The van der Waals surface area contributed by atoms with E-state index in [2.05, 4.69) is 50.4 Å². The van der Waals surface area contributed by atoms with Crippen LogP contribution in [-0.4, -0.2) is 82.3 Å². The first-order valence-electron chi connectivity index (χ1n) is 15.0.